The fourth-order valence-corrected chi connectivity index (χ4v) is 8.85. The lowest BCUT2D eigenvalue weighted by Crippen LogP contribution is -2.64. The van der Waals surface area contributed by atoms with E-state index in [0.717, 1.165) is 70.6 Å². The number of carbonyl (C=O) groups excluding carboxylic acids is 1. The number of amides is 1. The first-order chi connectivity index (χ1) is 28.8. The first-order valence-electron chi connectivity index (χ1n) is 24.2. The SMILES string of the molecule is CCCCCC/C=C\CCCCCCCC(O)CC(=O)NC(COP(=O)(O)OC1C(O)C(O)C(O)C(O)C1O)C(O)CCCCCCCCCCCCCCCCCCC. The van der Waals surface area contributed by atoms with E-state index in [1.807, 2.05) is 0 Å². The molecule has 0 aliphatic heterocycles. The Labute approximate surface area is 363 Å². The number of allylic oxidation sites excluding steroid dienone is 2. The number of hydrogen-bond donors (Lipinski definition) is 9. The number of hydrogen-bond acceptors (Lipinski definition) is 11. The van der Waals surface area contributed by atoms with Crippen molar-refractivity contribution >= 4 is 13.7 Å². The zero-order valence-electron chi connectivity index (χ0n) is 37.6. The molecule has 0 bridgehead atoms. The Morgan fingerprint density at radius 3 is 1.38 bits per heavy atom. The lowest BCUT2D eigenvalue weighted by Gasteiger charge is -2.41. The minimum atomic E-state index is -5.12. The van der Waals surface area contributed by atoms with Gasteiger partial charge in [-0.15, -0.1) is 0 Å². The van der Waals surface area contributed by atoms with Crippen molar-refractivity contribution in [2.45, 2.75) is 268 Å². The van der Waals surface area contributed by atoms with Crippen LogP contribution in [-0.2, 0) is 18.4 Å². The molecule has 0 aromatic heterocycles. The van der Waals surface area contributed by atoms with Gasteiger partial charge >= 0.3 is 7.82 Å². The molecule has 1 aliphatic rings. The second-order valence-corrected chi connectivity index (χ2v) is 18.9. The van der Waals surface area contributed by atoms with Crippen LogP contribution in [0.5, 0.6) is 0 Å². The fourth-order valence-electron chi connectivity index (χ4n) is 7.89. The molecule has 0 radical (unpaired) electrons. The van der Waals surface area contributed by atoms with E-state index in [1.165, 1.54) is 103 Å². The number of aliphatic hydroxyl groups excluding tert-OH is 7. The van der Waals surface area contributed by atoms with Gasteiger partial charge in [0.1, 0.15) is 36.6 Å². The number of phosphoric acid groups is 1. The van der Waals surface area contributed by atoms with Crippen LogP contribution < -0.4 is 5.32 Å². The van der Waals surface area contributed by atoms with Crippen LogP contribution in [0.4, 0.5) is 0 Å². The average molecular weight is 880 g/mol. The molecule has 1 saturated carbocycles. The molecule has 8 unspecified atom stereocenters. The van der Waals surface area contributed by atoms with Crippen LogP contribution >= 0.6 is 7.82 Å². The predicted molar refractivity (Wildman–Crippen MR) is 238 cm³/mol. The summed E-state index contributed by atoms with van der Waals surface area (Å²) in [6, 6.07) is -1.15. The molecule has 356 valence electrons. The maximum absolute atomic E-state index is 13.0. The van der Waals surface area contributed by atoms with E-state index in [2.05, 4.69) is 31.3 Å². The van der Waals surface area contributed by atoms with Gasteiger partial charge in [-0.05, 0) is 38.5 Å². The number of carbonyl (C=O) groups is 1. The summed E-state index contributed by atoms with van der Waals surface area (Å²) in [5.41, 5.74) is 0. The normalized spacial score (nSPS) is 23.4. The highest BCUT2D eigenvalue weighted by atomic mass is 31.2. The first-order valence-corrected chi connectivity index (χ1v) is 25.7. The summed E-state index contributed by atoms with van der Waals surface area (Å²) in [7, 11) is -5.12. The van der Waals surface area contributed by atoms with Gasteiger partial charge in [-0.25, -0.2) is 4.57 Å². The van der Waals surface area contributed by atoms with E-state index in [9.17, 15) is 50.0 Å². The summed E-state index contributed by atoms with van der Waals surface area (Å²) in [5, 5.41) is 74.7. The molecule has 1 rings (SSSR count). The van der Waals surface area contributed by atoms with Crippen molar-refractivity contribution in [3.63, 3.8) is 0 Å². The Hall–Kier alpha value is -0.960. The lowest BCUT2D eigenvalue weighted by atomic mass is 9.85. The molecule has 0 aromatic rings. The highest BCUT2D eigenvalue weighted by Gasteiger charge is 2.51. The molecule has 1 fully saturated rings. The van der Waals surface area contributed by atoms with E-state index >= 15 is 0 Å². The molecule has 0 heterocycles. The van der Waals surface area contributed by atoms with Gasteiger partial charge in [0.15, 0.2) is 0 Å². The summed E-state index contributed by atoms with van der Waals surface area (Å²) in [5.74, 6) is -0.564. The average Bonchev–Trinajstić information content (AvgIpc) is 3.22. The number of aliphatic hydroxyl groups is 7. The van der Waals surface area contributed by atoms with Crippen molar-refractivity contribution in [3.05, 3.63) is 12.2 Å². The molecule has 1 aliphatic carbocycles. The molecule has 8 atom stereocenters. The van der Waals surface area contributed by atoms with Gasteiger partial charge in [0.25, 0.3) is 0 Å². The highest BCUT2D eigenvalue weighted by Crippen LogP contribution is 2.47. The Morgan fingerprint density at radius 1 is 0.567 bits per heavy atom. The van der Waals surface area contributed by atoms with Gasteiger partial charge < -0.3 is 46.0 Å². The molecule has 0 saturated heterocycles. The van der Waals surface area contributed by atoms with Gasteiger partial charge in [-0.3, -0.25) is 13.8 Å². The van der Waals surface area contributed by atoms with Crippen LogP contribution in [0.3, 0.4) is 0 Å². The minimum absolute atomic E-state index is 0.225. The van der Waals surface area contributed by atoms with Gasteiger partial charge in [0.05, 0.1) is 31.3 Å². The maximum Gasteiger partial charge on any atom is 0.472 e. The molecular formula is C46H90NO12P. The summed E-state index contributed by atoms with van der Waals surface area (Å²) in [6.45, 7) is 3.78. The van der Waals surface area contributed by atoms with Crippen LogP contribution in [0.1, 0.15) is 213 Å². The monoisotopic (exact) mass is 880 g/mol. The van der Waals surface area contributed by atoms with E-state index in [1.54, 1.807) is 0 Å². The summed E-state index contributed by atoms with van der Waals surface area (Å²) in [4.78, 5) is 23.5. The Balaban J connectivity index is 2.51. The fraction of sp³-hybridized carbons (Fsp3) is 0.935. The van der Waals surface area contributed by atoms with Crippen molar-refractivity contribution in [1.82, 2.24) is 5.32 Å². The third-order valence-corrected chi connectivity index (χ3v) is 12.9. The Kier molecular flexibility index (Phi) is 34.6. The number of nitrogens with one attached hydrogen (secondary N) is 1. The molecule has 9 N–H and O–H groups in total. The third kappa shape index (κ3) is 28.0. The number of unbranched alkanes of at least 4 members (excludes halogenated alkanes) is 25. The molecular weight excluding hydrogens is 789 g/mol. The highest BCUT2D eigenvalue weighted by molar-refractivity contribution is 7.47. The topological polar surface area (TPSA) is 226 Å². The van der Waals surface area contributed by atoms with Gasteiger partial charge in [0.2, 0.25) is 5.91 Å². The smallest absolute Gasteiger partial charge is 0.393 e. The Bertz CT molecular complexity index is 1090. The van der Waals surface area contributed by atoms with Crippen molar-refractivity contribution in [2.24, 2.45) is 0 Å². The zero-order chi connectivity index (χ0) is 44.4. The summed E-state index contributed by atoms with van der Waals surface area (Å²) >= 11 is 0. The van der Waals surface area contributed by atoms with Gasteiger partial charge in [0, 0.05) is 0 Å². The first kappa shape index (κ1) is 57.1. The van der Waals surface area contributed by atoms with Crippen molar-refractivity contribution < 1.29 is 59.0 Å². The summed E-state index contributed by atoms with van der Waals surface area (Å²) < 4.78 is 22.9. The minimum Gasteiger partial charge on any atom is -0.393 e. The van der Waals surface area contributed by atoms with E-state index < -0.39 is 75.2 Å². The number of rotatable bonds is 40. The van der Waals surface area contributed by atoms with Gasteiger partial charge in [-0.1, -0.05) is 180 Å². The Morgan fingerprint density at radius 2 is 0.933 bits per heavy atom. The number of phosphoric ester groups is 1. The molecule has 60 heavy (non-hydrogen) atoms. The lowest BCUT2D eigenvalue weighted by molar-refractivity contribution is -0.220. The van der Waals surface area contributed by atoms with Crippen LogP contribution in [0.15, 0.2) is 12.2 Å². The van der Waals surface area contributed by atoms with E-state index in [4.69, 9.17) is 9.05 Å². The molecule has 14 heteroatoms. The van der Waals surface area contributed by atoms with E-state index in [0.29, 0.717) is 12.8 Å². The van der Waals surface area contributed by atoms with Gasteiger partial charge in [-0.2, -0.15) is 0 Å². The van der Waals surface area contributed by atoms with Crippen molar-refractivity contribution in [2.75, 3.05) is 6.61 Å². The third-order valence-electron chi connectivity index (χ3n) is 11.9. The van der Waals surface area contributed by atoms with Crippen LogP contribution in [-0.4, -0.2) is 108 Å². The van der Waals surface area contributed by atoms with Crippen LogP contribution in [0.25, 0.3) is 0 Å². The predicted octanol–water partition coefficient (Wildman–Crippen LogP) is 8.20. The van der Waals surface area contributed by atoms with Crippen molar-refractivity contribution in [3.8, 4) is 0 Å². The second kappa shape index (κ2) is 36.4. The standard InChI is InChI=1S/C46H90NO12P/c1-3-5-7-9-11-13-15-17-18-19-20-22-24-26-28-30-32-34-39(49)38(36-58-60(56,57)59-46-44(54)42(52)41(51)43(53)45(46)55)47-40(50)35-37(48)33-31-29-27-25-23-21-16-14-12-10-8-6-4-2/h14,16,37-39,41-46,48-49,51-55H,3-13,15,17-36H2,1-2H3,(H,47,50)(H,56,57)/b16-14-. The molecule has 0 spiro atoms. The summed E-state index contributed by atoms with van der Waals surface area (Å²) in [6.07, 6.45) is 24.0. The molecule has 13 nitrogen and oxygen atoms in total. The van der Waals surface area contributed by atoms with Crippen molar-refractivity contribution in [1.29, 1.82) is 0 Å². The quantitative estimate of drug-likeness (QED) is 0.0161. The maximum atomic E-state index is 13.0. The molecule has 0 aromatic carbocycles. The molecule has 1 amide bonds. The zero-order valence-corrected chi connectivity index (χ0v) is 38.5. The largest absolute Gasteiger partial charge is 0.472 e. The van der Waals surface area contributed by atoms with Crippen LogP contribution in [0.2, 0.25) is 0 Å². The van der Waals surface area contributed by atoms with Crippen LogP contribution in [0, 0.1) is 0 Å². The second-order valence-electron chi connectivity index (χ2n) is 17.5. The van der Waals surface area contributed by atoms with E-state index in [-0.39, 0.29) is 12.8 Å².